The van der Waals surface area contributed by atoms with Gasteiger partial charge >= 0.3 is 0 Å². The van der Waals surface area contributed by atoms with E-state index in [1.165, 1.54) is 19.2 Å². The van der Waals surface area contributed by atoms with Gasteiger partial charge in [0.2, 0.25) is 0 Å². The lowest BCUT2D eigenvalue weighted by Crippen LogP contribution is -2.18. The molecule has 0 radical (unpaired) electrons. The number of fused-ring (bicyclic) bond motifs is 1. The van der Waals surface area contributed by atoms with Crippen LogP contribution in [0.15, 0.2) is 57.8 Å². The molecule has 0 spiro atoms. The molecule has 0 saturated heterocycles. The highest BCUT2D eigenvalue weighted by Gasteiger charge is 2.24. The van der Waals surface area contributed by atoms with Crippen molar-refractivity contribution in [2.45, 2.75) is 33.9 Å². The Bertz CT molecular complexity index is 1900. The first-order valence-corrected chi connectivity index (χ1v) is 12.9. The van der Waals surface area contributed by atoms with Crippen LogP contribution in [0.4, 0.5) is 10.1 Å². The molecule has 0 aliphatic carbocycles. The summed E-state index contributed by atoms with van der Waals surface area (Å²) in [4.78, 5) is 42.2. The number of aryl methyl sites for hydroxylation is 4. The predicted octanol–water partition coefficient (Wildman–Crippen LogP) is 4.28. The summed E-state index contributed by atoms with van der Waals surface area (Å²) in [5, 5.41) is 13.2. The third kappa shape index (κ3) is 4.70. The molecule has 0 fully saturated rings. The Hall–Kier alpha value is -5.03. The van der Waals surface area contributed by atoms with Gasteiger partial charge in [0.1, 0.15) is 12.4 Å². The molecule has 0 atom stereocenters. The summed E-state index contributed by atoms with van der Waals surface area (Å²) in [6.07, 6.45) is 0. The van der Waals surface area contributed by atoms with Crippen LogP contribution in [0.1, 0.15) is 44.8 Å². The van der Waals surface area contributed by atoms with Crippen LogP contribution >= 0.6 is 0 Å². The minimum absolute atomic E-state index is 0.173. The maximum atomic E-state index is 14.0. The predicted molar refractivity (Wildman–Crippen MR) is 152 cm³/mol. The second-order valence-corrected chi connectivity index (χ2v) is 9.67. The number of aliphatic hydroxyl groups excluding tert-OH is 1. The van der Waals surface area contributed by atoms with Crippen molar-refractivity contribution in [2.75, 3.05) is 5.32 Å². The maximum absolute atomic E-state index is 14.0. The van der Waals surface area contributed by atoms with E-state index in [0.29, 0.717) is 28.9 Å². The molecule has 2 aromatic carbocycles. The molecule has 5 aromatic rings. The molecular weight excluding hydrogens is 529 g/mol. The first-order valence-electron chi connectivity index (χ1n) is 12.9. The van der Waals surface area contributed by atoms with Gasteiger partial charge in [0.05, 0.1) is 22.3 Å². The number of halogens is 1. The van der Waals surface area contributed by atoms with E-state index in [1.54, 1.807) is 19.1 Å². The van der Waals surface area contributed by atoms with E-state index in [9.17, 15) is 23.9 Å². The number of carbonyl (C=O) groups is 2. The first kappa shape index (κ1) is 27.5. The number of aliphatic hydroxyl groups is 1. The number of anilines is 1. The number of pyridine rings is 1. The van der Waals surface area contributed by atoms with Gasteiger partial charge in [-0.05, 0) is 61.7 Å². The van der Waals surface area contributed by atoms with E-state index < -0.39 is 24.2 Å². The molecule has 0 aliphatic heterocycles. The van der Waals surface area contributed by atoms with Crippen LogP contribution in [0.25, 0.3) is 33.3 Å². The van der Waals surface area contributed by atoms with Crippen molar-refractivity contribution >= 4 is 28.4 Å². The third-order valence-electron chi connectivity index (χ3n) is 7.06. The highest BCUT2D eigenvalue weighted by atomic mass is 19.1. The summed E-state index contributed by atoms with van der Waals surface area (Å²) in [6.45, 7) is 5.83. The largest absolute Gasteiger partial charge is 0.388 e. The summed E-state index contributed by atoms with van der Waals surface area (Å²) in [5.41, 5.74) is 9.77. The fourth-order valence-corrected chi connectivity index (χ4v) is 5.21. The fraction of sp³-hybridized carbons (Fsp3) is 0.200. The minimum Gasteiger partial charge on any atom is -0.388 e. The summed E-state index contributed by atoms with van der Waals surface area (Å²) < 4.78 is 22.4. The fourth-order valence-electron chi connectivity index (χ4n) is 5.21. The zero-order valence-corrected chi connectivity index (χ0v) is 22.9. The van der Waals surface area contributed by atoms with Gasteiger partial charge in [-0.2, -0.15) is 4.74 Å². The smallest absolute Gasteiger partial charge is 0.290 e. The Kier molecular flexibility index (Phi) is 7.06. The number of aromatic nitrogens is 3. The molecule has 0 bridgehead atoms. The number of hydrogen-bond donors (Lipinski definition) is 3. The molecule has 10 nitrogen and oxygen atoms in total. The van der Waals surface area contributed by atoms with Gasteiger partial charge in [0, 0.05) is 30.4 Å². The number of rotatable bonds is 7. The molecular formula is C30H28FN5O5. The summed E-state index contributed by atoms with van der Waals surface area (Å²) in [6, 6.07) is 12.9. The Morgan fingerprint density at radius 3 is 2.41 bits per heavy atom. The maximum Gasteiger partial charge on any atom is 0.290 e. The van der Waals surface area contributed by atoms with E-state index in [0.717, 1.165) is 33.0 Å². The van der Waals surface area contributed by atoms with Gasteiger partial charge in [-0.1, -0.05) is 24.3 Å². The number of hydrogen-bond acceptors (Lipinski definition) is 6. The number of nitrogens with two attached hydrogens (primary N) is 1. The Labute approximate surface area is 233 Å². The molecule has 0 saturated carbocycles. The second-order valence-electron chi connectivity index (χ2n) is 9.67. The van der Waals surface area contributed by atoms with Gasteiger partial charge in [0.15, 0.2) is 11.5 Å². The van der Waals surface area contributed by atoms with Crippen molar-refractivity contribution in [3.05, 3.63) is 93.0 Å². The van der Waals surface area contributed by atoms with Crippen LogP contribution in [0.3, 0.4) is 0 Å². The summed E-state index contributed by atoms with van der Waals surface area (Å²) in [7, 11) is 1.49. The molecule has 4 N–H and O–H groups in total. The summed E-state index contributed by atoms with van der Waals surface area (Å²) in [5.74, 6) is -2.06. The molecule has 0 unspecified atom stereocenters. The average Bonchev–Trinajstić information content (AvgIpc) is 3.40. The number of carbonyl (C=O) groups excluding carboxylic acids is 2. The van der Waals surface area contributed by atoms with E-state index in [2.05, 4.69) is 10.3 Å². The highest BCUT2D eigenvalue weighted by molar-refractivity contribution is 6.12. The molecule has 11 heteroatoms. The van der Waals surface area contributed by atoms with Crippen molar-refractivity contribution < 1.29 is 23.6 Å². The van der Waals surface area contributed by atoms with E-state index >= 15 is 0 Å². The van der Waals surface area contributed by atoms with Crippen molar-refractivity contribution in [3.63, 3.8) is 0 Å². The molecule has 210 valence electrons. The van der Waals surface area contributed by atoms with Crippen molar-refractivity contribution in [1.82, 2.24) is 14.3 Å². The lowest BCUT2D eigenvalue weighted by molar-refractivity contribution is 0.0992. The third-order valence-corrected chi connectivity index (χ3v) is 7.06. The molecule has 2 amide bonds. The Morgan fingerprint density at radius 1 is 1.10 bits per heavy atom. The minimum atomic E-state index is -0.943. The normalized spacial score (nSPS) is 11.3. The Balaban J connectivity index is 1.61. The van der Waals surface area contributed by atoms with Gasteiger partial charge < -0.3 is 25.2 Å². The van der Waals surface area contributed by atoms with Gasteiger partial charge in [-0.15, -0.1) is 0 Å². The van der Waals surface area contributed by atoms with Crippen LogP contribution in [-0.4, -0.2) is 31.2 Å². The van der Waals surface area contributed by atoms with Crippen LogP contribution < -0.4 is 16.6 Å². The Morgan fingerprint density at radius 2 is 1.78 bits per heavy atom. The van der Waals surface area contributed by atoms with Crippen LogP contribution in [0.5, 0.6) is 0 Å². The number of benzene rings is 2. The lowest BCUT2D eigenvalue weighted by Gasteiger charge is -2.13. The highest BCUT2D eigenvalue weighted by Crippen LogP contribution is 2.36. The molecule has 5 rings (SSSR count). The van der Waals surface area contributed by atoms with E-state index in [-0.39, 0.29) is 28.3 Å². The first-order chi connectivity index (χ1) is 19.5. The number of nitrogens with zero attached hydrogens (tertiary/aromatic N) is 3. The van der Waals surface area contributed by atoms with Crippen LogP contribution in [0, 0.1) is 19.7 Å². The zero-order chi connectivity index (χ0) is 29.6. The average molecular weight is 558 g/mol. The lowest BCUT2D eigenvalue weighted by atomic mass is 10.0. The van der Waals surface area contributed by atoms with Crippen molar-refractivity contribution in [1.29, 1.82) is 0 Å². The number of nitrogens with one attached hydrogen (secondary N) is 1. The molecule has 3 aromatic heterocycles. The van der Waals surface area contributed by atoms with Gasteiger partial charge in [-0.25, -0.2) is 9.37 Å². The quantitative estimate of drug-likeness (QED) is 0.272. The molecule has 41 heavy (non-hydrogen) atoms. The van der Waals surface area contributed by atoms with Crippen LogP contribution in [-0.2, 0) is 20.2 Å². The van der Waals surface area contributed by atoms with E-state index in [4.69, 9.17) is 10.3 Å². The van der Waals surface area contributed by atoms with Crippen molar-refractivity contribution in [2.24, 2.45) is 12.8 Å². The van der Waals surface area contributed by atoms with Gasteiger partial charge in [-0.3, -0.25) is 14.4 Å². The number of primary amides is 1. The topological polar surface area (TPSA) is 145 Å². The monoisotopic (exact) mass is 557 g/mol. The van der Waals surface area contributed by atoms with Crippen LogP contribution in [0.2, 0.25) is 0 Å². The number of amides is 2. The summed E-state index contributed by atoms with van der Waals surface area (Å²) >= 11 is 0. The molecule has 3 heterocycles. The molecule has 0 aliphatic rings. The SMILES string of the molecule is CCn1c(-c2ccc(-c3c(CO)on(C)c3=O)cc2)c(C)c2cc(C)nc(C(=O)Nc3ccc(F)c(C(N)=O)c3)c21. The van der Waals surface area contributed by atoms with Gasteiger partial charge in [0.25, 0.3) is 17.4 Å². The van der Waals surface area contributed by atoms with Crippen molar-refractivity contribution in [3.8, 4) is 22.4 Å². The second kappa shape index (κ2) is 10.5. The standard InChI is InChI=1S/C30H28FN5O5/c1-5-36-26(18-8-6-17(7-9-18)24-23(14-37)41-35(4)30(24)40)16(3)20-12-15(2)33-25(27(20)36)29(39)34-19-10-11-22(31)21(13-19)28(32)38/h6-13,37H,5,14H2,1-4H3,(H2,32,38)(H,34,39). The van der Waals surface area contributed by atoms with E-state index in [1.807, 2.05) is 36.6 Å². The zero-order valence-electron chi connectivity index (χ0n) is 22.9.